The summed E-state index contributed by atoms with van der Waals surface area (Å²) >= 11 is 0. The third-order valence-electron chi connectivity index (χ3n) is 2.53. The van der Waals surface area contributed by atoms with E-state index in [-0.39, 0.29) is 24.0 Å². The second-order valence-corrected chi connectivity index (χ2v) is 5.68. The van der Waals surface area contributed by atoms with Crippen molar-refractivity contribution in [1.82, 2.24) is 5.32 Å². The van der Waals surface area contributed by atoms with Gasteiger partial charge < -0.3 is 15.8 Å². The minimum Gasteiger partial charge on any atom is -0.382 e. The number of guanidine groups is 1. The fourth-order valence-corrected chi connectivity index (χ4v) is 2.51. The molecule has 0 saturated heterocycles. The van der Waals surface area contributed by atoms with Crippen LogP contribution in [-0.2, 0) is 15.5 Å². The number of halogens is 1. The van der Waals surface area contributed by atoms with Gasteiger partial charge in [0.2, 0.25) is 0 Å². The van der Waals surface area contributed by atoms with Gasteiger partial charge in [-0.25, -0.2) is 0 Å². The molecule has 0 aromatic heterocycles. The quantitative estimate of drug-likeness (QED) is 0.274. The molecule has 0 aliphatic carbocycles. The summed E-state index contributed by atoms with van der Waals surface area (Å²) in [4.78, 5) is 5.00. The molecule has 7 heteroatoms. The molecule has 1 atom stereocenters. The monoisotopic (exact) mass is 425 g/mol. The maximum atomic E-state index is 11.9. The van der Waals surface area contributed by atoms with Gasteiger partial charge in [0, 0.05) is 37.0 Å². The second-order valence-electron chi connectivity index (χ2n) is 4.11. The second kappa shape index (κ2) is 13.0. The lowest BCUT2D eigenvalue weighted by molar-refractivity contribution is 0.146. The van der Waals surface area contributed by atoms with Crippen LogP contribution in [0.5, 0.6) is 0 Å². The van der Waals surface area contributed by atoms with E-state index in [0.717, 1.165) is 17.9 Å². The molecule has 3 N–H and O–H groups in total. The number of nitrogens with one attached hydrogen (secondary N) is 1. The number of aliphatic imine (C=N–C) groups is 1. The van der Waals surface area contributed by atoms with Gasteiger partial charge in [-0.15, -0.1) is 24.0 Å². The van der Waals surface area contributed by atoms with Crippen LogP contribution in [0.1, 0.15) is 13.3 Å². The van der Waals surface area contributed by atoms with Crippen LogP contribution < -0.4 is 11.1 Å². The van der Waals surface area contributed by atoms with Gasteiger partial charge in [-0.3, -0.25) is 9.20 Å². The summed E-state index contributed by atoms with van der Waals surface area (Å²) in [5, 5.41) is 2.97. The standard InChI is InChI=1S/C14H23N3O2S.HI/c1-2-19-11-6-9-16-14(15)17-10-12-20(18)13-7-4-3-5-8-13;/h3-5,7-8H,2,6,9-12H2,1H3,(H3,15,16,17);1H. The first-order valence-corrected chi connectivity index (χ1v) is 8.11. The summed E-state index contributed by atoms with van der Waals surface area (Å²) in [6.45, 7) is 4.57. The number of hydrogen-bond acceptors (Lipinski definition) is 3. The third-order valence-corrected chi connectivity index (χ3v) is 3.91. The molecule has 1 aromatic carbocycles. The fourth-order valence-electron chi connectivity index (χ4n) is 1.53. The van der Waals surface area contributed by atoms with Gasteiger partial charge in [0.25, 0.3) is 0 Å². The van der Waals surface area contributed by atoms with Crippen molar-refractivity contribution < 1.29 is 8.95 Å². The molecule has 0 heterocycles. The Morgan fingerprint density at radius 3 is 2.76 bits per heavy atom. The number of ether oxygens (including phenoxy) is 1. The molecule has 0 aliphatic heterocycles. The zero-order valence-corrected chi connectivity index (χ0v) is 15.4. The van der Waals surface area contributed by atoms with Crippen molar-refractivity contribution >= 4 is 40.7 Å². The fraction of sp³-hybridized carbons (Fsp3) is 0.500. The molecule has 5 nitrogen and oxygen atoms in total. The van der Waals surface area contributed by atoms with Gasteiger partial charge in [-0.2, -0.15) is 0 Å². The smallest absolute Gasteiger partial charge is 0.188 e. The van der Waals surface area contributed by atoms with Crippen molar-refractivity contribution in [2.75, 3.05) is 32.1 Å². The van der Waals surface area contributed by atoms with Crippen molar-refractivity contribution in [3.8, 4) is 0 Å². The Morgan fingerprint density at radius 2 is 2.10 bits per heavy atom. The highest BCUT2D eigenvalue weighted by Gasteiger charge is 2.02. The molecule has 1 rings (SSSR count). The minimum absolute atomic E-state index is 0. The molecule has 120 valence electrons. The average molecular weight is 425 g/mol. The predicted molar refractivity (Wildman–Crippen MR) is 98.7 cm³/mol. The highest BCUT2D eigenvalue weighted by atomic mass is 127. The Hall–Kier alpha value is -0.670. The first-order valence-electron chi connectivity index (χ1n) is 6.79. The van der Waals surface area contributed by atoms with Crippen LogP contribution in [0.2, 0.25) is 0 Å². The van der Waals surface area contributed by atoms with E-state index in [1.54, 1.807) is 0 Å². The normalized spacial score (nSPS) is 12.5. The zero-order chi connectivity index (χ0) is 14.6. The number of nitrogens with two attached hydrogens (primary N) is 1. The molecule has 0 saturated carbocycles. The molecule has 1 unspecified atom stereocenters. The average Bonchev–Trinajstić information content (AvgIpc) is 2.48. The first-order chi connectivity index (χ1) is 9.74. The van der Waals surface area contributed by atoms with E-state index in [2.05, 4.69) is 10.3 Å². The molecule has 0 aliphatic rings. The molecule has 0 spiro atoms. The van der Waals surface area contributed by atoms with Crippen molar-refractivity contribution in [3.05, 3.63) is 30.3 Å². The molecule has 0 bridgehead atoms. The number of hydrogen-bond donors (Lipinski definition) is 2. The Labute approximate surface area is 146 Å². The topological polar surface area (TPSA) is 76.7 Å². The van der Waals surface area contributed by atoms with Crippen LogP contribution in [-0.4, -0.2) is 42.2 Å². The molecule has 1 aromatic rings. The molecule has 21 heavy (non-hydrogen) atoms. The van der Waals surface area contributed by atoms with Gasteiger partial charge in [0.05, 0.1) is 10.8 Å². The van der Waals surface area contributed by atoms with Crippen molar-refractivity contribution in [1.29, 1.82) is 0 Å². The van der Waals surface area contributed by atoms with E-state index in [1.807, 2.05) is 37.3 Å². The Balaban J connectivity index is 0.00000400. The maximum absolute atomic E-state index is 11.9. The van der Waals surface area contributed by atoms with Crippen LogP contribution in [0.25, 0.3) is 0 Å². The van der Waals surface area contributed by atoms with Crippen molar-refractivity contribution in [2.24, 2.45) is 10.7 Å². The van der Waals surface area contributed by atoms with Crippen molar-refractivity contribution in [2.45, 2.75) is 18.2 Å². The minimum atomic E-state index is -1.00. The summed E-state index contributed by atoms with van der Waals surface area (Å²) in [7, 11) is -1.00. The Morgan fingerprint density at radius 1 is 1.38 bits per heavy atom. The van der Waals surface area contributed by atoms with Crippen LogP contribution in [0.4, 0.5) is 0 Å². The lowest BCUT2D eigenvalue weighted by atomic mass is 10.4. The molecule has 0 amide bonds. The largest absolute Gasteiger partial charge is 0.382 e. The highest BCUT2D eigenvalue weighted by molar-refractivity contribution is 14.0. The Bertz CT molecular complexity index is 429. The summed E-state index contributed by atoms with van der Waals surface area (Å²) in [5.41, 5.74) is 5.71. The summed E-state index contributed by atoms with van der Waals surface area (Å²) < 4.78 is 17.1. The number of rotatable bonds is 9. The van der Waals surface area contributed by atoms with E-state index in [9.17, 15) is 4.21 Å². The van der Waals surface area contributed by atoms with E-state index in [0.29, 0.717) is 31.4 Å². The summed E-state index contributed by atoms with van der Waals surface area (Å²) in [6.07, 6.45) is 0.853. The van der Waals surface area contributed by atoms with Crippen LogP contribution in [0, 0.1) is 0 Å². The van der Waals surface area contributed by atoms with E-state index in [1.165, 1.54) is 0 Å². The van der Waals surface area contributed by atoms with Gasteiger partial charge in [-0.05, 0) is 25.5 Å². The lowest BCUT2D eigenvalue weighted by Crippen LogP contribution is -2.34. The third kappa shape index (κ3) is 9.81. The Kier molecular flexibility index (Phi) is 12.6. The zero-order valence-electron chi connectivity index (χ0n) is 12.3. The van der Waals surface area contributed by atoms with E-state index >= 15 is 0 Å². The summed E-state index contributed by atoms with van der Waals surface area (Å²) in [6, 6.07) is 9.40. The molecule has 0 fully saturated rings. The highest BCUT2D eigenvalue weighted by Crippen LogP contribution is 2.04. The van der Waals surface area contributed by atoms with E-state index < -0.39 is 10.8 Å². The molecule has 0 radical (unpaired) electrons. The van der Waals surface area contributed by atoms with Gasteiger partial charge >= 0.3 is 0 Å². The predicted octanol–water partition coefficient (Wildman–Crippen LogP) is 1.74. The van der Waals surface area contributed by atoms with E-state index in [4.69, 9.17) is 10.5 Å². The SMILES string of the molecule is CCOCCCN=C(N)NCCS(=O)c1ccccc1.I. The molecular formula is C14H24IN3O2S. The summed E-state index contributed by atoms with van der Waals surface area (Å²) in [5.74, 6) is 0.908. The lowest BCUT2D eigenvalue weighted by Gasteiger charge is -2.06. The van der Waals surface area contributed by atoms with Gasteiger partial charge in [0.1, 0.15) is 0 Å². The van der Waals surface area contributed by atoms with Crippen LogP contribution in [0.15, 0.2) is 40.2 Å². The van der Waals surface area contributed by atoms with Gasteiger partial charge in [0.15, 0.2) is 5.96 Å². The van der Waals surface area contributed by atoms with Crippen molar-refractivity contribution in [3.63, 3.8) is 0 Å². The maximum Gasteiger partial charge on any atom is 0.188 e. The van der Waals surface area contributed by atoms with Crippen LogP contribution >= 0.6 is 24.0 Å². The molecular weight excluding hydrogens is 401 g/mol. The first kappa shape index (κ1) is 20.3. The van der Waals surface area contributed by atoms with Crippen LogP contribution in [0.3, 0.4) is 0 Å². The van der Waals surface area contributed by atoms with Gasteiger partial charge in [-0.1, -0.05) is 18.2 Å². The number of nitrogens with zero attached hydrogens (tertiary/aromatic N) is 1. The number of benzene rings is 1.